The number of aromatic nitrogens is 2. The van der Waals surface area contributed by atoms with Crippen molar-refractivity contribution in [2.45, 2.75) is 27.3 Å². The first-order chi connectivity index (χ1) is 13.3. The van der Waals surface area contributed by atoms with Gasteiger partial charge in [-0.15, -0.1) is 0 Å². The summed E-state index contributed by atoms with van der Waals surface area (Å²) < 4.78 is 7.08. The molecule has 28 heavy (non-hydrogen) atoms. The van der Waals surface area contributed by atoms with E-state index < -0.39 is 0 Å². The molecule has 146 valence electrons. The van der Waals surface area contributed by atoms with E-state index in [9.17, 15) is 9.59 Å². The largest absolute Gasteiger partial charge is 0.360 e. The average molecular weight is 380 g/mol. The van der Waals surface area contributed by atoms with Crippen molar-refractivity contribution in [1.82, 2.24) is 19.9 Å². The maximum atomic E-state index is 13.0. The van der Waals surface area contributed by atoms with Crippen molar-refractivity contribution in [2.75, 3.05) is 14.1 Å². The van der Waals surface area contributed by atoms with Gasteiger partial charge in [-0.1, -0.05) is 17.3 Å². The summed E-state index contributed by atoms with van der Waals surface area (Å²) in [5.74, 6) is 1.17. The van der Waals surface area contributed by atoms with Crippen molar-refractivity contribution in [2.24, 2.45) is 0 Å². The highest BCUT2D eigenvalue weighted by molar-refractivity contribution is 5.96. The zero-order valence-corrected chi connectivity index (χ0v) is 16.7. The standard InChI is InChI=1S/C21H24N4O3/c1-13-10-18(15(3)25(13)19-11-14(2)28-23-19)21(27)24(5)12-16-6-8-17(9-7-16)20(26)22-4/h6-11H,12H2,1-5H3,(H,22,26). The van der Waals surface area contributed by atoms with Crippen molar-refractivity contribution >= 4 is 11.8 Å². The summed E-state index contributed by atoms with van der Waals surface area (Å²) in [6.07, 6.45) is 0. The fourth-order valence-corrected chi connectivity index (χ4v) is 3.25. The lowest BCUT2D eigenvalue weighted by Gasteiger charge is -2.17. The number of nitrogens with one attached hydrogen (secondary N) is 1. The third kappa shape index (κ3) is 3.69. The molecular formula is C21H24N4O3. The van der Waals surface area contributed by atoms with Gasteiger partial charge >= 0.3 is 0 Å². The predicted octanol–water partition coefficient (Wildman–Crippen LogP) is 3.02. The van der Waals surface area contributed by atoms with Gasteiger partial charge in [0.25, 0.3) is 11.8 Å². The summed E-state index contributed by atoms with van der Waals surface area (Å²) in [7, 11) is 3.36. The quantitative estimate of drug-likeness (QED) is 0.738. The van der Waals surface area contributed by atoms with Gasteiger partial charge in [0, 0.05) is 43.7 Å². The van der Waals surface area contributed by atoms with Gasteiger partial charge in [0.15, 0.2) is 5.82 Å². The first-order valence-electron chi connectivity index (χ1n) is 9.01. The minimum atomic E-state index is -0.133. The Morgan fingerprint density at radius 1 is 1.14 bits per heavy atom. The molecule has 0 saturated carbocycles. The number of hydrogen-bond donors (Lipinski definition) is 1. The van der Waals surface area contributed by atoms with E-state index in [4.69, 9.17) is 4.52 Å². The van der Waals surface area contributed by atoms with Gasteiger partial charge < -0.3 is 14.7 Å². The zero-order chi connectivity index (χ0) is 20.4. The number of amides is 2. The fourth-order valence-electron chi connectivity index (χ4n) is 3.25. The van der Waals surface area contributed by atoms with E-state index in [1.165, 1.54) is 0 Å². The number of aryl methyl sites for hydroxylation is 2. The van der Waals surface area contributed by atoms with Gasteiger partial charge in [0.2, 0.25) is 0 Å². The number of carbonyl (C=O) groups is 2. The Kier molecular flexibility index (Phi) is 5.35. The second kappa shape index (κ2) is 7.72. The monoisotopic (exact) mass is 380 g/mol. The van der Waals surface area contributed by atoms with Crippen molar-refractivity contribution < 1.29 is 14.1 Å². The van der Waals surface area contributed by atoms with E-state index in [0.29, 0.717) is 29.2 Å². The first-order valence-corrected chi connectivity index (χ1v) is 9.01. The number of benzene rings is 1. The predicted molar refractivity (Wildman–Crippen MR) is 106 cm³/mol. The molecule has 2 heterocycles. The van der Waals surface area contributed by atoms with E-state index in [0.717, 1.165) is 17.0 Å². The molecule has 7 heteroatoms. The molecule has 0 bridgehead atoms. The molecule has 2 aromatic heterocycles. The Labute approximate surface area is 163 Å². The Morgan fingerprint density at radius 2 is 1.82 bits per heavy atom. The van der Waals surface area contributed by atoms with Crippen LogP contribution in [0.2, 0.25) is 0 Å². The summed E-state index contributed by atoms with van der Waals surface area (Å²) in [6.45, 7) is 6.11. The second-order valence-corrected chi connectivity index (χ2v) is 6.85. The number of carbonyl (C=O) groups excluding carboxylic acids is 2. The highest BCUT2D eigenvalue weighted by atomic mass is 16.5. The number of hydrogen-bond acceptors (Lipinski definition) is 4. The van der Waals surface area contributed by atoms with Gasteiger partial charge in [0.05, 0.1) is 5.56 Å². The van der Waals surface area contributed by atoms with Crippen LogP contribution in [0.3, 0.4) is 0 Å². The van der Waals surface area contributed by atoms with Crippen LogP contribution in [-0.2, 0) is 6.54 Å². The molecule has 0 unspecified atom stereocenters. The number of nitrogens with zero attached hydrogens (tertiary/aromatic N) is 3. The SMILES string of the molecule is CNC(=O)c1ccc(CN(C)C(=O)c2cc(C)n(-c3cc(C)on3)c2C)cc1. The highest BCUT2D eigenvalue weighted by Crippen LogP contribution is 2.22. The minimum Gasteiger partial charge on any atom is -0.360 e. The summed E-state index contributed by atoms with van der Waals surface area (Å²) in [5, 5.41) is 6.65. The van der Waals surface area contributed by atoms with Crippen molar-refractivity contribution in [3.8, 4) is 5.82 Å². The Morgan fingerprint density at radius 3 is 2.39 bits per heavy atom. The van der Waals surface area contributed by atoms with Crippen LogP contribution in [0.1, 0.15) is 43.4 Å². The van der Waals surface area contributed by atoms with Crippen LogP contribution in [0.5, 0.6) is 0 Å². The molecule has 0 aliphatic heterocycles. The van der Waals surface area contributed by atoms with Crippen molar-refractivity contribution in [3.63, 3.8) is 0 Å². The van der Waals surface area contributed by atoms with E-state index in [2.05, 4.69) is 10.5 Å². The summed E-state index contributed by atoms with van der Waals surface area (Å²) in [4.78, 5) is 26.3. The summed E-state index contributed by atoms with van der Waals surface area (Å²) in [6, 6.07) is 10.9. The lowest BCUT2D eigenvalue weighted by atomic mass is 10.1. The molecule has 7 nitrogen and oxygen atoms in total. The van der Waals surface area contributed by atoms with Crippen LogP contribution in [0.15, 0.2) is 40.9 Å². The van der Waals surface area contributed by atoms with Crippen molar-refractivity contribution in [1.29, 1.82) is 0 Å². The smallest absolute Gasteiger partial charge is 0.255 e. The van der Waals surface area contributed by atoms with Gasteiger partial charge in [0.1, 0.15) is 5.76 Å². The van der Waals surface area contributed by atoms with Crippen LogP contribution < -0.4 is 5.32 Å². The van der Waals surface area contributed by atoms with Crippen LogP contribution in [-0.4, -0.2) is 40.5 Å². The van der Waals surface area contributed by atoms with Gasteiger partial charge in [-0.3, -0.25) is 14.2 Å². The fraction of sp³-hybridized carbons (Fsp3) is 0.286. The van der Waals surface area contributed by atoms with Crippen LogP contribution in [0.25, 0.3) is 5.82 Å². The van der Waals surface area contributed by atoms with E-state index >= 15 is 0 Å². The topological polar surface area (TPSA) is 80.4 Å². The molecule has 0 spiro atoms. The minimum absolute atomic E-state index is 0.0741. The van der Waals surface area contributed by atoms with Gasteiger partial charge in [-0.05, 0) is 44.5 Å². The lowest BCUT2D eigenvalue weighted by molar-refractivity contribution is 0.0784. The van der Waals surface area contributed by atoms with E-state index in [1.807, 2.05) is 49.6 Å². The molecular weight excluding hydrogens is 356 g/mol. The van der Waals surface area contributed by atoms with Crippen LogP contribution in [0, 0.1) is 20.8 Å². The molecule has 0 radical (unpaired) electrons. The summed E-state index contributed by atoms with van der Waals surface area (Å²) >= 11 is 0. The molecule has 1 N–H and O–H groups in total. The van der Waals surface area contributed by atoms with Gasteiger partial charge in [-0.2, -0.15) is 0 Å². The van der Waals surface area contributed by atoms with Crippen LogP contribution in [0.4, 0.5) is 0 Å². The summed E-state index contributed by atoms with van der Waals surface area (Å²) in [5.41, 5.74) is 3.90. The third-order valence-corrected chi connectivity index (χ3v) is 4.72. The molecule has 0 fully saturated rings. The zero-order valence-electron chi connectivity index (χ0n) is 16.7. The lowest BCUT2D eigenvalue weighted by Crippen LogP contribution is -2.26. The Bertz CT molecular complexity index is 1010. The Hall–Kier alpha value is -3.35. The molecule has 0 atom stereocenters. The van der Waals surface area contributed by atoms with Crippen molar-refractivity contribution in [3.05, 3.63) is 70.2 Å². The molecule has 3 aromatic rings. The maximum absolute atomic E-state index is 13.0. The van der Waals surface area contributed by atoms with Crippen LogP contribution >= 0.6 is 0 Å². The maximum Gasteiger partial charge on any atom is 0.255 e. The van der Waals surface area contributed by atoms with E-state index in [-0.39, 0.29) is 11.8 Å². The molecule has 0 saturated heterocycles. The highest BCUT2D eigenvalue weighted by Gasteiger charge is 2.21. The van der Waals surface area contributed by atoms with E-state index in [1.54, 1.807) is 31.1 Å². The molecule has 0 aliphatic carbocycles. The Balaban J connectivity index is 1.79. The molecule has 1 aromatic carbocycles. The van der Waals surface area contributed by atoms with Gasteiger partial charge in [-0.25, -0.2) is 0 Å². The average Bonchev–Trinajstić information content (AvgIpc) is 3.23. The second-order valence-electron chi connectivity index (χ2n) is 6.85. The first kappa shape index (κ1) is 19.4. The molecule has 0 aliphatic rings. The normalized spacial score (nSPS) is 10.8. The molecule has 2 amide bonds. The molecule has 3 rings (SSSR count). The number of rotatable bonds is 5. The third-order valence-electron chi connectivity index (χ3n) is 4.72.